The van der Waals surface area contributed by atoms with E-state index in [0.29, 0.717) is 4.84 Å². The van der Waals surface area contributed by atoms with Gasteiger partial charge in [0.25, 0.3) is 4.84 Å². The average molecular weight is 282 g/mol. The van der Waals surface area contributed by atoms with Crippen molar-refractivity contribution in [3.05, 3.63) is 29.1 Å². The van der Waals surface area contributed by atoms with Gasteiger partial charge in [-0.2, -0.15) is 0 Å². The standard InChI is InChI=1S/C11H10N2OS3/c15-11-13(7-17-10-12-5-6-16-10)8-3-1-2-4-9(8)14-11/h1-4H,5-7H2. The molecule has 6 heteroatoms. The summed E-state index contributed by atoms with van der Waals surface area (Å²) in [6.45, 7) is 0.935. The summed E-state index contributed by atoms with van der Waals surface area (Å²) < 4.78 is 8.69. The predicted molar refractivity (Wildman–Crippen MR) is 77.4 cm³/mol. The van der Waals surface area contributed by atoms with Gasteiger partial charge in [-0.15, -0.1) is 0 Å². The van der Waals surface area contributed by atoms with Crippen LogP contribution in [-0.4, -0.2) is 21.2 Å². The van der Waals surface area contributed by atoms with E-state index in [9.17, 15) is 0 Å². The molecule has 2 heterocycles. The lowest BCUT2D eigenvalue weighted by atomic mass is 10.3. The summed E-state index contributed by atoms with van der Waals surface area (Å²) in [4.78, 5) is 4.94. The van der Waals surface area contributed by atoms with Crippen LogP contribution in [0.2, 0.25) is 0 Å². The molecule has 0 saturated carbocycles. The molecular weight excluding hydrogens is 272 g/mol. The number of fused-ring (bicyclic) bond motifs is 1. The number of thioether (sulfide) groups is 2. The fraction of sp³-hybridized carbons (Fsp3) is 0.273. The van der Waals surface area contributed by atoms with Crippen molar-refractivity contribution in [3.63, 3.8) is 0 Å². The van der Waals surface area contributed by atoms with E-state index in [1.54, 1.807) is 11.8 Å². The number of hydrogen-bond donors (Lipinski definition) is 0. The zero-order valence-corrected chi connectivity index (χ0v) is 11.4. The molecule has 0 amide bonds. The Labute approximate surface area is 112 Å². The summed E-state index contributed by atoms with van der Waals surface area (Å²) in [5.74, 6) is 1.86. The molecule has 17 heavy (non-hydrogen) atoms. The van der Waals surface area contributed by atoms with Crippen LogP contribution in [-0.2, 0) is 5.88 Å². The van der Waals surface area contributed by atoms with E-state index < -0.39 is 0 Å². The van der Waals surface area contributed by atoms with Crippen LogP contribution in [0.15, 0.2) is 33.7 Å². The second kappa shape index (κ2) is 4.88. The third-order valence-corrected chi connectivity index (χ3v) is 4.99. The maximum atomic E-state index is 5.53. The number of para-hydroxylation sites is 2. The minimum Gasteiger partial charge on any atom is -0.429 e. The third-order valence-electron chi connectivity index (χ3n) is 2.45. The SMILES string of the molecule is S=c1oc2ccccc2n1CSC1=NCCS1. The van der Waals surface area contributed by atoms with Crippen LogP contribution in [0.5, 0.6) is 0 Å². The van der Waals surface area contributed by atoms with E-state index in [1.165, 1.54) is 0 Å². The van der Waals surface area contributed by atoms with Gasteiger partial charge in [0, 0.05) is 5.75 Å². The molecule has 1 aromatic carbocycles. The zero-order chi connectivity index (χ0) is 11.7. The van der Waals surface area contributed by atoms with Crippen molar-refractivity contribution >= 4 is 51.2 Å². The van der Waals surface area contributed by atoms with Crippen molar-refractivity contribution in [3.8, 4) is 0 Å². The Morgan fingerprint density at radius 3 is 3.18 bits per heavy atom. The molecule has 1 aliphatic rings. The number of aliphatic imine (C=N–C) groups is 1. The van der Waals surface area contributed by atoms with Gasteiger partial charge in [-0.25, -0.2) is 0 Å². The molecule has 0 N–H and O–H groups in total. The van der Waals surface area contributed by atoms with Crippen molar-refractivity contribution in [2.45, 2.75) is 5.88 Å². The van der Waals surface area contributed by atoms with E-state index in [2.05, 4.69) is 4.99 Å². The lowest BCUT2D eigenvalue weighted by Gasteiger charge is -2.02. The summed E-state index contributed by atoms with van der Waals surface area (Å²) in [5.41, 5.74) is 1.90. The second-order valence-corrected chi connectivity index (χ2v) is 6.16. The maximum Gasteiger partial charge on any atom is 0.270 e. The smallest absolute Gasteiger partial charge is 0.270 e. The number of rotatable bonds is 2. The van der Waals surface area contributed by atoms with Gasteiger partial charge in [0.05, 0.1) is 17.9 Å². The summed E-state index contributed by atoms with van der Waals surface area (Å²) in [6, 6.07) is 7.91. The number of aromatic nitrogens is 1. The van der Waals surface area contributed by atoms with Crippen LogP contribution in [0.3, 0.4) is 0 Å². The number of nitrogens with zero attached hydrogens (tertiary/aromatic N) is 2. The molecule has 1 aromatic heterocycles. The van der Waals surface area contributed by atoms with Gasteiger partial charge < -0.3 is 4.42 Å². The fourth-order valence-electron chi connectivity index (χ4n) is 1.66. The maximum absolute atomic E-state index is 5.53. The highest BCUT2D eigenvalue weighted by atomic mass is 32.2. The first kappa shape index (κ1) is 11.4. The predicted octanol–water partition coefficient (Wildman–Crippen LogP) is 3.76. The van der Waals surface area contributed by atoms with Crippen molar-refractivity contribution in [2.24, 2.45) is 4.99 Å². The first-order valence-electron chi connectivity index (χ1n) is 5.23. The van der Waals surface area contributed by atoms with Gasteiger partial charge in [0.2, 0.25) is 0 Å². The van der Waals surface area contributed by atoms with E-state index >= 15 is 0 Å². The van der Waals surface area contributed by atoms with Crippen LogP contribution in [0.25, 0.3) is 11.1 Å². The van der Waals surface area contributed by atoms with Crippen molar-refractivity contribution < 1.29 is 4.42 Å². The Morgan fingerprint density at radius 1 is 1.47 bits per heavy atom. The zero-order valence-electron chi connectivity index (χ0n) is 8.96. The lowest BCUT2D eigenvalue weighted by molar-refractivity contribution is 0.557. The first-order chi connectivity index (χ1) is 8.34. The fourth-order valence-corrected chi connectivity index (χ4v) is 3.95. The number of hydrogen-bond acceptors (Lipinski definition) is 5. The molecule has 0 fully saturated rings. The van der Waals surface area contributed by atoms with E-state index in [-0.39, 0.29) is 0 Å². The quantitative estimate of drug-likeness (QED) is 0.785. The van der Waals surface area contributed by atoms with Crippen LogP contribution in [0.1, 0.15) is 0 Å². The highest BCUT2D eigenvalue weighted by Crippen LogP contribution is 2.26. The molecular formula is C11H10N2OS3. The minimum atomic E-state index is 0.530. The lowest BCUT2D eigenvalue weighted by Crippen LogP contribution is -1.95. The minimum absolute atomic E-state index is 0.530. The molecule has 0 radical (unpaired) electrons. The van der Waals surface area contributed by atoms with E-state index in [0.717, 1.165) is 33.6 Å². The highest BCUT2D eigenvalue weighted by Gasteiger charge is 2.10. The molecule has 88 valence electrons. The molecule has 0 saturated heterocycles. The van der Waals surface area contributed by atoms with Crippen molar-refractivity contribution in [2.75, 3.05) is 12.3 Å². The Balaban J connectivity index is 1.89. The van der Waals surface area contributed by atoms with Crippen LogP contribution in [0.4, 0.5) is 0 Å². The van der Waals surface area contributed by atoms with Crippen molar-refractivity contribution in [1.29, 1.82) is 0 Å². The molecule has 0 bridgehead atoms. The van der Waals surface area contributed by atoms with E-state index in [1.807, 2.05) is 40.6 Å². The Kier molecular flexibility index (Phi) is 3.26. The van der Waals surface area contributed by atoms with E-state index in [4.69, 9.17) is 16.6 Å². The van der Waals surface area contributed by atoms with Crippen molar-refractivity contribution in [1.82, 2.24) is 4.57 Å². The number of oxazole rings is 1. The van der Waals surface area contributed by atoms with Gasteiger partial charge in [-0.1, -0.05) is 35.7 Å². The molecule has 0 spiro atoms. The van der Waals surface area contributed by atoms with Crippen LogP contribution >= 0.6 is 35.7 Å². The monoisotopic (exact) mass is 282 g/mol. The molecule has 0 aliphatic carbocycles. The highest BCUT2D eigenvalue weighted by molar-refractivity contribution is 8.38. The summed E-state index contributed by atoms with van der Waals surface area (Å²) in [7, 11) is 0. The van der Waals surface area contributed by atoms with Crippen LogP contribution in [0, 0.1) is 4.84 Å². The molecule has 0 unspecified atom stereocenters. The first-order valence-corrected chi connectivity index (χ1v) is 7.61. The molecule has 0 atom stereocenters. The molecule has 1 aliphatic heterocycles. The largest absolute Gasteiger partial charge is 0.429 e. The Bertz CT molecular complexity index is 629. The number of benzene rings is 1. The average Bonchev–Trinajstić information content (AvgIpc) is 2.93. The van der Waals surface area contributed by atoms with Gasteiger partial charge in [-0.05, 0) is 24.4 Å². The summed E-state index contributed by atoms with van der Waals surface area (Å²) in [6.07, 6.45) is 0. The van der Waals surface area contributed by atoms with Gasteiger partial charge in [0.15, 0.2) is 5.58 Å². The van der Waals surface area contributed by atoms with Gasteiger partial charge in [-0.3, -0.25) is 9.56 Å². The Morgan fingerprint density at radius 2 is 2.35 bits per heavy atom. The van der Waals surface area contributed by atoms with Gasteiger partial charge in [0.1, 0.15) is 4.38 Å². The van der Waals surface area contributed by atoms with Gasteiger partial charge >= 0.3 is 0 Å². The normalized spacial score (nSPS) is 15.4. The molecule has 2 aromatic rings. The molecule has 3 rings (SSSR count). The second-order valence-electron chi connectivity index (χ2n) is 3.53. The van der Waals surface area contributed by atoms with Crippen LogP contribution < -0.4 is 0 Å². The summed E-state index contributed by atoms with van der Waals surface area (Å²) in [5, 5.41) is 0. The third kappa shape index (κ3) is 2.29. The topological polar surface area (TPSA) is 30.4 Å². The Hall–Kier alpha value is -0.720. The molecule has 3 nitrogen and oxygen atoms in total. The summed E-state index contributed by atoms with van der Waals surface area (Å²) >= 11 is 8.76.